The Morgan fingerprint density at radius 3 is 2.15 bits per heavy atom. The van der Waals surface area contributed by atoms with Crippen molar-refractivity contribution in [3.05, 3.63) is 59.7 Å². The number of fused-ring (bicyclic) bond motifs is 3. The average molecular weight is 469 g/mol. The van der Waals surface area contributed by atoms with Crippen LogP contribution in [0.1, 0.15) is 44.2 Å². The third kappa shape index (κ3) is 6.14. The summed E-state index contributed by atoms with van der Waals surface area (Å²) in [6, 6.07) is 15.7. The van der Waals surface area contributed by atoms with Crippen LogP contribution in [0.5, 0.6) is 0 Å². The Balaban J connectivity index is 1.51. The van der Waals surface area contributed by atoms with Crippen LogP contribution >= 0.6 is 0 Å². The molecule has 0 aliphatic heterocycles. The number of ether oxygens (including phenoxy) is 2. The maximum Gasteiger partial charge on any atom is 0.407 e. The summed E-state index contributed by atoms with van der Waals surface area (Å²) < 4.78 is 11.1. The van der Waals surface area contributed by atoms with E-state index in [0.29, 0.717) is 6.61 Å². The molecule has 0 bridgehead atoms. The molecule has 0 aromatic heterocycles. The Labute approximate surface area is 199 Å². The summed E-state index contributed by atoms with van der Waals surface area (Å²) in [4.78, 5) is 35.8. The minimum Gasteiger partial charge on any atom is -0.481 e. The molecule has 0 saturated heterocycles. The molecule has 0 radical (unpaired) electrons. The number of carboxylic acids is 1. The molecule has 1 aliphatic rings. The van der Waals surface area contributed by atoms with Crippen LogP contribution < -0.4 is 10.6 Å². The van der Waals surface area contributed by atoms with Crippen molar-refractivity contribution in [3.63, 3.8) is 0 Å². The number of carboxylic acid groups (broad SMARTS) is 1. The minimum absolute atomic E-state index is 0.00578. The average Bonchev–Trinajstić information content (AvgIpc) is 3.14. The first-order chi connectivity index (χ1) is 16.3. The van der Waals surface area contributed by atoms with Gasteiger partial charge < -0.3 is 25.2 Å². The Kier molecular flexibility index (Phi) is 8.65. The van der Waals surface area contributed by atoms with Crippen molar-refractivity contribution in [2.24, 2.45) is 5.92 Å². The standard InChI is InChI=1S/C26H32N2O6/c1-4-33-18(13-24(29)28-17(3)16(2)25(30)31)14-27-26(32)34-15-23-21-11-7-5-9-19(21)20-10-6-8-12-22(20)23/h5-12,16-18,23H,4,13-15H2,1-3H3,(H,27,32)(H,28,29)(H,30,31). The number of hydrogen-bond acceptors (Lipinski definition) is 5. The fourth-order valence-electron chi connectivity index (χ4n) is 4.13. The largest absolute Gasteiger partial charge is 0.481 e. The maximum absolute atomic E-state index is 12.4. The molecule has 3 rings (SSSR count). The van der Waals surface area contributed by atoms with Gasteiger partial charge in [-0.1, -0.05) is 48.5 Å². The summed E-state index contributed by atoms with van der Waals surface area (Å²) in [6.45, 7) is 5.64. The Morgan fingerprint density at radius 1 is 1.00 bits per heavy atom. The van der Waals surface area contributed by atoms with Gasteiger partial charge in [-0.2, -0.15) is 0 Å². The van der Waals surface area contributed by atoms with Gasteiger partial charge in [0.2, 0.25) is 5.91 Å². The van der Waals surface area contributed by atoms with Crippen molar-refractivity contribution < 1.29 is 29.0 Å². The number of aliphatic carboxylic acids is 1. The first kappa shape index (κ1) is 25.2. The monoisotopic (exact) mass is 468 g/mol. The van der Waals surface area contributed by atoms with E-state index >= 15 is 0 Å². The topological polar surface area (TPSA) is 114 Å². The molecular weight excluding hydrogens is 436 g/mol. The second kappa shape index (κ2) is 11.7. The lowest BCUT2D eigenvalue weighted by Gasteiger charge is -2.21. The van der Waals surface area contributed by atoms with Gasteiger partial charge in [0.25, 0.3) is 0 Å². The van der Waals surface area contributed by atoms with Gasteiger partial charge in [0, 0.05) is 25.1 Å². The lowest BCUT2D eigenvalue weighted by atomic mass is 9.98. The normalized spacial score (nSPS) is 14.9. The van der Waals surface area contributed by atoms with E-state index in [-0.39, 0.29) is 31.4 Å². The first-order valence-corrected chi connectivity index (χ1v) is 11.5. The highest BCUT2D eigenvalue weighted by Gasteiger charge is 2.29. The van der Waals surface area contributed by atoms with Crippen LogP contribution in [-0.4, -0.2) is 55.0 Å². The molecule has 2 amide bonds. The smallest absolute Gasteiger partial charge is 0.407 e. The number of benzene rings is 2. The predicted octanol–water partition coefficient (Wildman–Crippen LogP) is 3.55. The van der Waals surface area contributed by atoms with Crippen LogP contribution in [0.2, 0.25) is 0 Å². The van der Waals surface area contributed by atoms with Gasteiger partial charge in [0.15, 0.2) is 0 Å². The SMILES string of the molecule is CCOC(CNC(=O)OCC1c2ccccc2-c2ccccc21)CC(=O)NC(C)C(C)C(=O)O. The van der Waals surface area contributed by atoms with Crippen molar-refractivity contribution in [2.75, 3.05) is 19.8 Å². The highest BCUT2D eigenvalue weighted by atomic mass is 16.5. The fourth-order valence-corrected chi connectivity index (χ4v) is 4.13. The quantitative estimate of drug-likeness (QED) is 0.465. The number of rotatable bonds is 11. The van der Waals surface area contributed by atoms with E-state index in [9.17, 15) is 14.4 Å². The zero-order chi connectivity index (χ0) is 24.7. The summed E-state index contributed by atoms with van der Waals surface area (Å²) in [7, 11) is 0. The van der Waals surface area contributed by atoms with E-state index < -0.39 is 30.1 Å². The molecule has 182 valence electrons. The summed E-state index contributed by atoms with van der Waals surface area (Å²) in [5, 5.41) is 14.4. The molecular formula is C26H32N2O6. The fraction of sp³-hybridized carbons (Fsp3) is 0.423. The summed E-state index contributed by atoms with van der Waals surface area (Å²) in [5.41, 5.74) is 4.57. The van der Waals surface area contributed by atoms with Crippen molar-refractivity contribution in [2.45, 2.75) is 45.3 Å². The van der Waals surface area contributed by atoms with Crippen LogP contribution in [0.25, 0.3) is 11.1 Å². The van der Waals surface area contributed by atoms with Crippen LogP contribution in [0.4, 0.5) is 4.79 Å². The highest BCUT2D eigenvalue weighted by Crippen LogP contribution is 2.44. The molecule has 0 saturated carbocycles. The predicted molar refractivity (Wildman–Crippen MR) is 128 cm³/mol. The number of hydrogen-bond donors (Lipinski definition) is 3. The molecule has 0 heterocycles. The third-order valence-electron chi connectivity index (χ3n) is 6.16. The van der Waals surface area contributed by atoms with Crippen LogP contribution in [-0.2, 0) is 19.1 Å². The van der Waals surface area contributed by atoms with E-state index in [2.05, 4.69) is 34.9 Å². The third-order valence-corrected chi connectivity index (χ3v) is 6.16. The van der Waals surface area contributed by atoms with E-state index in [4.69, 9.17) is 14.6 Å². The Morgan fingerprint density at radius 2 is 1.59 bits per heavy atom. The van der Waals surface area contributed by atoms with Crippen molar-refractivity contribution in [1.82, 2.24) is 10.6 Å². The molecule has 0 fully saturated rings. The lowest BCUT2D eigenvalue weighted by molar-refractivity contribution is -0.142. The van der Waals surface area contributed by atoms with Gasteiger partial charge in [-0.05, 0) is 43.0 Å². The zero-order valence-electron chi connectivity index (χ0n) is 19.7. The minimum atomic E-state index is -0.980. The second-order valence-corrected chi connectivity index (χ2v) is 8.47. The zero-order valence-corrected chi connectivity index (χ0v) is 19.7. The van der Waals surface area contributed by atoms with Crippen molar-refractivity contribution in [3.8, 4) is 11.1 Å². The molecule has 2 aromatic carbocycles. The lowest BCUT2D eigenvalue weighted by Crippen LogP contribution is -2.43. The number of carbonyl (C=O) groups excluding carboxylic acids is 2. The molecule has 2 aromatic rings. The van der Waals surface area contributed by atoms with E-state index in [1.165, 1.54) is 6.92 Å². The van der Waals surface area contributed by atoms with Gasteiger partial charge in [-0.25, -0.2) is 4.79 Å². The van der Waals surface area contributed by atoms with E-state index in [1.54, 1.807) is 13.8 Å². The van der Waals surface area contributed by atoms with Crippen LogP contribution in [0.3, 0.4) is 0 Å². The Hall–Kier alpha value is -3.39. The second-order valence-electron chi connectivity index (χ2n) is 8.47. The molecule has 3 atom stereocenters. The van der Waals surface area contributed by atoms with E-state index in [0.717, 1.165) is 22.3 Å². The number of amides is 2. The number of alkyl carbamates (subject to hydrolysis) is 1. The molecule has 8 nitrogen and oxygen atoms in total. The molecule has 34 heavy (non-hydrogen) atoms. The molecule has 1 aliphatic carbocycles. The summed E-state index contributed by atoms with van der Waals surface area (Å²) in [6.07, 6.45) is -1.15. The van der Waals surface area contributed by atoms with Crippen LogP contribution in [0.15, 0.2) is 48.5 Å². The molecule has 3 unspecified atom stereocenters. The summed E-state index contributed by atoms with van der Waals surface area (Å²) in [5.74, 6) is -2.07. The van der Waals surface area contributed by atoms with Gasteiger partial charge in [0.05, 0.1) is 18.4 Å². The number of nitrogens with one attached hydrogen (secondary N) is 2. The van der Waals surface area contributed by atoms with Gasteiger partial charge in [-0.3, -0.25) is 9.59 Å². The van der Waals surface area contributed by atoms with Crippen molar-refractivity contribution in [1.29, 1.82) is 0 Å². The first-order valence-electron chi connectivity index (χ1n) is 11.5. The Bertz CT molecular complexity index is 978. The molecule has 0 spiro atoms. The van der Waals surface area contributed by atoms with Crippen LogP contribution in [0, 0.1) is 5.92 Å². The van der Waals surface area contributed by atoms with Gasteiger partial charge in [-0.15, -0.1) is 0 Å². The highest BCUT2D eigenvalue weighted by molar-refractivity contribution is 5.79. The maximum atomic E-state index is 12.4. The van der Waals surface area contributed by atoms with Gasteiger partial charge >= 0.3 is 12.1 Å². The van der Waals surface area contributed by atoms with Crippen molar-refractivity contribution >= 4 is 18.0 Å². The molecule has 8 heteroatoms. The number of carbonyl (C=O) groups is 3. The van der Waals surface area contributed by atoms with Gasteiger partial charge in [0.1, 0.15) is 6.61 Å². The molecule has 3 N–H and O–H groups in total. The van der Waals surface area contributed by atoms with E-state index in [1.807, 2.05) is 24.3 Å². The summed E-state index contributed by atoms with van der Waals surface area (Å²) >= 11 is 0.